The molecule has 1 heterocycles. The predicted octanol–water partition coefficient (Wildman–Crippen LogP) is 2.75. The molecule has 0 bridgehead atoms. The van der Waals surface area contributed by atoms with Gasteiger partial charge in [-0.15, -0.1) is 0 Å². The van der Waals surface area contributed by atoms with E-state index >= 15 is 0 Å². The number of rotatable bonds is 2. The highest BCUT2D eigenvalue weighted by Gasteiger charge is 2.37. The highest BCUT2D eigenvalue weighted by Crippen LogP contribution is 2.39. The van der Waals surface area contributed by atoms with Gasteiger partial charge in [0.2, 0.25) is 0 Å². The first-order chi connectivity index (χ1) is 7.79. The molecule has 1 N–H and O–H groups in total. The lowest BCUT2D eigenvalue weighted by molar-refractivity contribution is -0.142. The summed E-state index contributed by atoms with van der Waals surface area (Å²) in [5.41, 5.74) is -1.73. The molecular weight excluding hydrogens is 307 g/mol. The smallest absolute Gasteiger partial charge is 0.434 e. The van der Waals surface area contributed by atoms with Crippen molar-refractivity contribution in [3.63, 3.8) is 0 Å². The number of aromatic hydroxyl groups is 1. The van der Waals surface area contributed by atoms with Crippen LogP contribution in [0.1, 0.15) is 23.0 Å². The molecule has 1 rings (SSSR count). The van der Waals surface area contributed by atoms with Crippen LogP contribution in [0.3, 0.4) is 0 Å². The van der Waals surface area contributed by atoms with Gasteiger partial charge in [0.1, 0.15) is 11.3 Å². The summed E-state index contributed by atoms with van der Waals surface area (Å²) in [5.74, 6) is -1.78. The molecule has 0 aliphatic carbocycles. The zero-order valence-electron chi connectivity index (χ0n) is 8.51. The van der Waals surface area contributed by atoms with Crippen LogP contribution in [-0.4, -0.2) is 22.7 Å². The van der Waals surface area contributed by atoms with Crippen molar-refractivity contribution >= 4 is 21.9 Å². The van der Waals surface area contributed by atoms with Gasteiger partial charge in [-0.25, -0.2) is 9.78 Å². The van der Waals surface area contributed by atoms with E-state index in [1.165, 1.54) is 6.92 Å². The second kappa shape index (κ2) is 4.91. The number of pyridine rings is 1. The molecule has 0 fully saturated rings. The lowest BCUT2D eigenvalue weighted by Crippen LogP contribution is -2.12. The van der Waals surface area contributed by atoms with Crippen LogP contribution >= 0.6 is 15.9 Å². The van der Waals surface area contributed by atoms with Crippen molar-refractivity contribution in [3.05, 3.63) is 21.9 Å². The molecule has 94 valence electrons. The molecule has 0 aliphatic heterocycles. The number of carbonyl (C=O) groups is 1. The Labute approximate surface area is 103 Å². The van der Waals surface area contributed by atoms with Crippen LogP contribution in [0.15, 0.2) is 10.7 Å². The van der Waals surface area contributed by atoms with Gasteiger partial charge in [-0.05, 0) is 22.9 Å². The highest BCUT2D eigenvalue weighted by atomic mass is 79.9. The molecule has 0 amide bonds. The molecule has 0 aliphatic rings. The van der Waals surface area contributed by atoms with Gasteiger partial charge in [0.15, 0.2) is 5.69 Å². The van der Waals surface area contributed by atoms with Crippen LogP contribution in [0.2, 0.25) is 0 Å². The largest absolute Gasteiger partial charge is 0.506 e. The Morgan fingerprint density at radius 1 is 1.59 bits per heavy atom. The van der Waals surface area contributed by atoms with E-state index in [2.05, 4.69) is 25.7 Å². The fourth-order valence-corrected chi connectivity index (χ4v) is 1.57. The fourth-order valence-electron chi connectivity index (χ4n) is 1.03. The third-order valence-corrected chi connectivity index (χ3v) is 2.51. The predicted molar refractivity (Wildman–Crippen MR) is 54.6 cm³/mol. The summed E-state index contributed by atoms with van der Waals surface area (Å²) in [6.45, 7) is 1.57. The first kappa shape index (κ1) is 13.8. The number of hydrogen-bond donors (Lipinski definition) is 1. The number of nitrogens with zero attached hydrogens (tertiary/aromatic N) is 1. The third-order valence-electron chi connectivity index (χ3n) is 1.76. The van der Waals surface area contributed by atoms with Gasteiger partial charge in [0.25, 0.3) is 0 Å². The minimum Gasteiger partial charge on any atom is -0.506 e. The van der Waals surface area contributed by atoms with E-state index in [9.17, 15) is 23.1 Å². The van der Waals surface area contributed by atoms with E-state index in [0.29, 0.717) is 6.20 Å². The summed E-state index contributed by atoms with van der Waals surface area (Å²) in [4.78, 5) is 14.3. The van der Waals surface area contributed by atoms with E-state index < -0.39 is 33.6 Å². The van der Waals surface area contributed by atoms with Crippen molar-refractivity contribution < 1.29 is 27.8 Å². The molecule has 1 aromatic rings. The Bertz CT molecular complexity index is 448. The molecule has 17 heavy (non-hydrogen) atoms. The number of ether oxygens (including phenoxy) is 1. The maximum Gasteiger partial charge on any atom is 0.434 e. The highest BCUT2D eigenvalue weighted by molar-refractivity contribution is 9.10. The molecule has 0 atom stereocenters. The van der Waals surface area contributed by atoms with Crippen LogP contribution in [0.25, 0.3) is 0 Å². The van der Waals surface area contributed by atoms with Gasteiger partial charge >= 0.3 is 12.1 Å². The lowest BCUT2D eigenvalue weighted by Gasteiger charge is -2.11. The number of alkyl halides is 3. The molecule has 4 nitrogen and oxygen atoms in total. The van der Waals surface area contributed by atoms with E-state index in [0.717, 1.165) is 0 Å². The van der Waals surface area contributed by atoms with Crippen molar-refractivity contribution in [2.24, 2.45) is 0 Å². The summed E-state index contributed by atoms with van der Waals surface area (Å²) < 4.78 is 41.0. The normalized spacial score (nSPS) is 11.4. The molecule has 0 saturated heterocycles. The van der Waals surface area contributed by atoms with Gasteiger partial charge < -0.3 is 9.84 Å². The van der Waals surface area contributed by atoms with E-state index in [4.69, 9.17) is 0 Å². The topological polar surface area (TPSA) is 59.4 Å². The van der Waals surface area contributed by atoms with E-state index in [1.807, 2.05) is 0 Å². The van der Waals surface area contributed by atoms with Crippen LogP contribution in [0, 0.1) is 0 Å². The van der Waals surface area contributed by atoms with Gasteiger partial charge in [-0.1, -0.05) is 0 Å². The molecule has 1 aromatic heterocycles. The maximum absolute atomic E-state index is 12.4. The van der Waals surface area contributed by atoms with Gasteiger partial charge in [-0.3, -0.25) is 0 Å². The summed E-state index contributed by atoms with van der Waals surface area (Å²) in [6, 6.07) is 0. The quantitative estimate of drug-likeness (QED) is 0.853. The molecule has 0 aromatic carbocycles. The summed E-state index contributed by atoms with van der Waals surface area (Å²) in [5, 5.41) is 9.45. The second-order valence-corrected chi connectivity index (χ2v) is 3.69. The Kier molecular flexibility index (Phi) is 3.97. The van der Waals surface area contributed by atoms with Crippen LogP contribution < -0.4 is 0 Å². The minimum absolute atomic E-state index is 0.0386. The van der Waals surface area contributed by atoms with Crippen LogP contribution in [0.4, 0.5) is 13.2 Å². The third kappa shape index (κ3) is 2.87. The van der Waals surface area contributed by atoms with Crippen LogP contribution in [0.5, 0.6) is 5.75 Å². The lowest BCUT2D eigenvalue weighted by atomic mass is 10.2. The van der Waals surface area contributed by atoms with Crippen molar-refractivity contribution in [2.45, 2.75) is 13.1 Å². The van der Waals surface area contributed by atoms with Crippen LogP contribution in [-0.2, 0) is 10.9 Å². The van der Waals surface area contributed by atoms with E-state index in [-0.39, 0.29) is 6.61 Å². The van der Waals surface area contributed by atoms with E-state index in [1.54, 1.807) is 0 Å². The molecule has 0 spiro atoms. The Morgan fingerprint density at radius 3 is 2.65 bits per heavy atom. The average molecular weight is 314 g/mol. The maximum atomic E-state index is 12.4. The zero-order chi connectivity index (χ0) is 13.2. The Hall–Kier alpha value is -1.31. The number of halogens is 4. The van der Waals surface area contributed by atoms with Crippen molar-refractivity contribution in [1.82, 2.24) is 4.98 Å². The monoisotopic (exact) mass is 313 g/mol. The Balaban J connectivity index is 3.25. The summed E-state index contributed by atoms with van der Waals surface area (Å²) >= 11 is 2.55. The summed E-state index contributed by atoms with van der Waals surface area (Å²) in [6.07, 6.45) is -4.09. The number of carbonyl (C=O) groups excluding carboxylic acids is 1. The fraction of sp³-hybridized carbons (Fsp3) is 0.333. The first-order valence-electron chi connectivity index (χ1n) is 4.40. The van der Waals surface area contributed by atoms with Gasteiger partial charge in [-0.2, -0.15) is 13.2 Å². The molecule has 0 unspecified atom stereocenters. The molecule has 0 radical (unpaired) electrons. The molecular formula is C9H7BrF3NO3. The molecule has 0 saturated carbocycles. The van der Waals surface area contributed by atoms with Crippen molar-refractivity contribution in [1.29, 1.82) is 0 Å². The standard InChI is InChI=1S/C9H7BrF3NO3/c1-2-17-8(16)4-3-14-7(9(11,12)13)5(10)6(4)15/h3H,2H2,1H3,(H,14,15). The number of esters is 1. The summed E-state index contributed by atoms with van der Waals surface area (Å²) in [7, 11) is 0. The van der Waals surface area contributed by atoms with Crippen molar-refractivity contribution in [2.75, 3.05) is 6.61 Å². The zero-order valence-corrected chi connectivity index (χ0v) is 10.1. The number of aromatic nitrogens is 1. The van der Waals surface area contributed by atoms with Gasteiger partial charge in [0, 0.05) is 6.20 Å². The van der Waals surface area contributed by atoms with Gasteiger partial charge in [0.05, 0.1) is 11.1 Å². The SMILES string of the molecule is CCOC(=O)c1cnc(C(F)(F)F)c(Br)c1O. The van der Waals surface area contributed by atoms with Crippen molar-refractivity contribution in [3.8, 4) is 5.75 Å². The second-order valence-electron chi connectivity index (χ2n) is 2.90. The average Bonchev–Trinajstić information content (AvgIpc) is 2.20. The molecule has 8 heteroatoms. The number of hydrogen-bond acceptors (Lipinski definition) is 4. The first-order valence-corrected chi connectivity index (χ1v) is 5.20. The minimum atomic E-state index is -4.72. The Morgan fingerprint density at radius 2 is 2.18 bits per heavy atom.